The van der Waals surface area contributed by atoms with Gasteiger partial charge in [-0.25, -0.2) is 0 Å². The van der Waals surface area contributed by atoms with E-state index >= 15 is 0 Å². The van der Waals surface area contributed by atoms with Gasteiger partial charge in [-0.05, 0) is 18.4 Å². The van der Waals surface area contributed by atoms with Gasteiger partial charge in [0.15, 0.2) is 6.10 Å². The van der Waals surface area contributed by atoms with Gasteiger partial charge in [0.2, 0.25) is 5.91 Å². The second-order valence-electron chi connectivity index (χ2n) is 8.12. The van der Waals surface area contributed by atoms with Crippen molar-refractivity contribution < 1.29 is 14.3 Å². The van der Waals surface area contributed by atoms with Gasteiger partial charge in [-0.2, -0.15) is 0 Å². The van der Waals surface area contributed by atoms with Crippen LogP contribution in [-0.2, 0) is 14.3 Å². The van der Waals surface area contributed by atoms with Gasteiger partial charge >= 0.3 is 0 Å². The van der Waals surface area contributed by atoms with Crippen LogP contribution in [0.1, 0.15) is 45.3 Å². The van der Waals surface area contributed by atoms with Crippen LogP contribution in [0.3, 0.4) is 0 Å². The summed E-state index contributed by atoms with van der Waals surface area (Å²) in [7, 11) is 1.58. The maximum absolute atomic E-state index is 13.2. The van der Waals surface area contributed by atoms with Gasteiger partial charge in [-0.3, -0.25) is 9.59 Å². The lowest BCUT2D eigenvalue weighted by Gasteiger charge is -2.43. The Hall–Kier alpha value is -1.88. The Morgan fingerprint density at radius 2 is 1.64 bits per heavy atom. The van der Waals surface area contributed by atoms with Crippen molar-refractivity contribution in [3.8, 4) is 0 Å². The van der Waals surface area contributed by atoms with Crippen molar-refractivity contribution in [2.75, 3.05) is 20.2 Å². The predicted molar refractivity (Wildman–Crippen MR) is 95.9 cm³/mol. The molecule has 0 radical (unpaired) electrons. The molecule has 3 atom stereocenters. The van der Waals surface area contributed by atoms with Crippen molar-refractivity contribution in [1.29, 1.82) is 0 Å². The molecule has 1 aromatic carbocycles. The Morgan fingerprint density at radius 1 is 1.08 bits per heavy atom. The van der Waals surface area contributed by atoms with Crippen LogP contribution in [0.2, 0.25) is 0 Å². The molecule has 136 valence electrons. The minimum Gasteiger partial charge on any atom is -0.367 e. The number of methoxy groups -OCH3 is 1. The van der Waals surface area contributed by atoms with Crippen LogP contribution < -0.4 is 0 Å². The van der Waals surface area contributed by atoms with E-state index in [1.807, 2.05) is 60.9 Å². The van der Waals surface area contributed by atoms with Gasteiger partial charge in [0.1, 0.15) is 0 Å². The number of fused-ring (bicyclic) bond motifs is 2. The number of amides is 2. The van der Waals surface area contributed by atoms with E-state index in [2.05, 4.69) is 0 Å². The van der Waals surface area contributed by atoms with Crippen LogP contribution in [0, 0.1) is 5.41 Å². The monoisotopic (exact) mass is 344 g/mol. The molecular weight excluding hydrogens is 316 g/mol. The van der Waals surface area contributed by atoms with Gasteiger partial charge in [0.25, 0.3) is 5.91 Å². The molecule has 0 N–H and O–H groups in total. The molecule has 2 saturated heterocycles. The number of carbonyl (C=O) groups excluding carboxylic acids is 2. The minimum absolute atomic E-state index is 0.0176. The minimum atomic E-state index is -0.575. The Labute approximate surface area is 149 Å². The molecule has 3 unspecified atom stereocenters. The number of ether oxygens (including phenoxy) is 1. The lowest BCUT2D eigenvalue weighted by molar-refractivity contribution is -0.154. The third kappa shape index (κ3) is 3.43. The molecule has 5 heteroatoms. The molecule has 2 aliphatic heterocycles. The molecule has 2 bridgehead atoms. The third-order valence-corrected chi connectivity index (χ3v) is 5.23. The quantitative estimate of drug-likeness (QED) is 0.847. The zero-order valence-electron chi connectivity index (χ0n) is 15.6. The largest absolute Gasteiger partial charge is 0.367 e. The number of carbonyl (C=O) groups is 2. The standard InChI is InChI=1S/C20H28N2O3/c1-20(2,3)19(24)21-12-15-10-11-16(13-21)22(15)18(23)17(25-4)14-8-6-5-7-9-14/h5-9,15-17H,10-13H2,1-4H3. The Bertz CT molecular complexity index is 624. The number of nitrogens with zero attached hydrogens (tertiary/aromatic N) is 2. The molecule has 0 aromatic heterocycles. The predicted octanol–water partition coefficient (Wildman–Crippen LogP) is 2.62. The molecule has 1 aromatic rings. The van der Waals surface area contributed by atoms with Crippen LogP contribution in [0.15, 0.2) is 30.3 Å². The van der Waals surface area contributed by atoms with Gasteiger partial charge in [0.05, 0.1) is 0 Å². The maximum atomic E-state index is 13.2. The van der Waals surface area contributed by atoms with Gasteiger partial charge in [-0.15, -0.1) is 0 Å². The summed E-state index contributed by atoms with van der Waals surface area (Å²) in [6.07, 6.45) is 1.33. The lowest BCUT2D eigenvalue weighted by atomic mass is 9.93. The van der Waals surface area contributed by atoms with E-state index in [0.29, 0.717) is 13.1 Å². The first kappa shape index (κ1) is 17.9. The highest BCUT2D eigenvalue weighted by molar-refractivity contribution is 5.85. The molecule has 2 heterocycles. The van der Waals surface area contributed by atoms with E-state index in [-0.39, 0.29) is 29.3 Å². The zero-order chi connectivity index (χ0) is 18.2. The maximum Gasteiger partial charge on any atom is 0.256 e. The van der Waals surface area contributed by atoms with Crippen molar-refractivity contribution >= 4 is 11.8 Å². The first-order chi connectivity index (χ1) is 11.8. The van der Waals surface area contributed by atoms with E-state index in [4.69, 9.17) is 4.74 Å². The number of piperazine rings is 1. The first-order valence-corrected chi connectivity index (χ1v) is 9.02. The summed E-state index contributed by atoms with van der Waals surface area (Å²) in [5.74, 6) is 0.187. The van der Waals surface area contributed by atoms with Crippen molar-refractivity contribution in [2.24, 2.45) is 5.41 Å². The highest BCUT2D eigenvalue weighted by Crippen LogP contribution is 2.35. The fourth-order valence-corrected chi connectivity index (χ4v) is 4.05. The summed E-state index contributed by atoms with van der Waals surface area (Å²) in [6, 6.07) is 9.81. The van der Waals surface area contributed by atoms with Crippen LogP contribution in [0.5, 0.6) is 0 Å². The second-order valence-corrected chi connectivity index (χ2v) is 8.12. The molecule has 0 aliphatic carbocycles. The molecule has 25 heavy (non-hydrogen) atoms. The average Bonchev–Trinajstić information content (AvgIpc) is 2.85. The summed E-state index contributed by atoms with van der Waals surface area (Å²) in [5.41, 5.74) is 0.493. The van der Waals surface area contributed by atoms with Crippen LogP contribution in [0.25, 0.3) is 0 Å². The lowest BCUT2D eigenvalue weighted by Crippen LogP contribution is -2.59. The van der Waals surface area contributed by atoms with E-state index in [1.165, 1.54) is 0 Å². The van der Waals surface area contributed by atoms with Crippen molar-refractivity contribution in [3.05, 3.63) is 35.9 Å². The van der Waals surface area contributed by atoms with Crippen LogP contribution >= 0.6 is 0 Å². The smallest absolute Gasteiger partial charge is 0.256 e. The fraction of sp³-hybridized carbons (Fsp3) is 0.600. The average molecular weight is 344 g/mol. The zero-order valence-corrected chi connectivity index (χ0v) is 15.6. The summed E-state index contributed by atoms with van der Waals surface area (Å²) in [6.45, 7) is 7.11. The summed E-state index contributed by atoms with van der Waals surface area (Å²) >= 11 is 0. The Morgan fingerprint density at radius 3 is 2.12 bits per heavy atom. The van der Waals surface area contributed by atoms with Gasteiger partial charge in [0, 0.05) is 37.7 Å². The Balaban J connectivity index is 1.77. The van der Waals surface area contributed by atoms with E-state index in [0.717, 1.165) is 18.4 Å². The second kappa shape index (κ2) is 6.79. The Kier molecular flexibility index (Phi) is 4.87. The highest BCUT2D eigenvalue weighted by atomic mass is 16.5. The van der Waals surface area contributed by atoms with Crippen LogP contribution in [-0.4, -0.2) is 53.9 Å². The van der Waals surface area contributed by atoms with Gasteiger partial charge < -0.3 is 14.5 Å². The summed E-state index contributed by atoms with van der Waals surface area (Å²) in [4.78, 5) is 29.7. The van der Waals surface area contributed by atoms with E-state index in [9.17, 15) is 9.59 Å². The normalized spacial score (nSPS) is 24.3. The van der Waals surface area contributed by atoms with Crippen LogP contribution in [0.4, 0.5) is 0 Å². The van der Waals surface area contributed by atoms with Crippen molar-refractivity contribution in [1.82, 2.24) is 9.80 Å². The fourth-order valence-electron chi connectivity index (χ4n) is 4.05. The molecule has 5 nitrogen and oxygen atoms in total. The number of rotatable bonds is 3. The van der Waals surface area contributed by atoms with Crippen molar-refractivity contribution in [2.45, 2.75) is 51.8 Å². The number of benzene rings is 1. The van der Waals surface area contributed by atoms with E-state index in [1.54, 1.807) is 7.11 Å². The number of hydrogen-bond donors (Lipinski definition) is 0. The van der Waals surface area contributed by atoms with Crippen molar-refractivity contribution in [3.63, 3.8) is 0 Å². The molecule has 0 saturated carbocycles. The molecule has 2 aliphatic rings. The summed E-state index contributed by atoms with van der Waals surface area (Å²) in [5, 5.41) is 0. The SMILES string of the molecule is COC(C(=O)N1C2CCC1CN(C(=O)C(C)(C)C)C2)c1ccccc1. The molecule has 2 fully saturated rings. The van der Waals surface area contributed by atoms with E-state index < -0.39 is 6.10 Å². The third-order valence-electron chi connectivity index (χ3n) is 5.23. The number of likely N-dealkylation sites (tertiary alicyclic amines) is 1. The van der Waals surface area contributed by atoms with Gasteiger partial charge in [-0.1, -0.05) is 51.1 Å². The topological polar surface area (TPSA) is 49.9 Å². The summed E-state index contributed by atoms with van der Waals surface area (Å²) < 4.78 is 5.53. The number of hydrogen-bond acceptors (Lipinski definition) is 3. The molecule has 0 spiro atoms. The molecular formula is C20H28N2O3. The highest BCUT2D eigenvalue weighted by Gasteiger charge is 2.46. The molecule has 3 rings (SSSR count). The molecule has 2 amide bonds. The first-order valence-electron chi connectivity index (χ1n) is 9.02.